The summed E-state index contributed by atoms with van der Waals surface area (Å²) in [6.45, 7) is 1.56. The molecule has 1 fully saturated rings. The van der Waals surface area contributed by atoms with Crippen molar-refractivity contribution in [3.8, 4) is 0 Å². The Kier molecular flexibility index (Phi) is 4.77. The van der Waals surface area contributed by atoms with Crippen LogP contribution in [0.1, 0.15) is 25.3 Å². The first-order valence-electron chi connectivity index (χ1n) is 6.06. The Morgan fingerprint density at radius 2 is 2.39 bits per heavy atom. The Morgan fingerprint density at radius 3 is 2.94 bits per heavy atom. The van der Waals surface area contributed by atoms with Gasteiger partial charge in [-0.15, -0.1) is 0 Å². The summed E-state index contributed by atoms with van der Waals surface area (Å²) in [5.74, 6) is 0.253. The molecule has 5 nitrogen and oxygen atoms in total. The maximum Gasteiger partial charge on any atom is 0.330 e. The van der Waals surface area contributed by atoms with Crippen LogP contribution in [-0.2, 0) is 14.3 Å². The van der Waals surface area contributed by atoms with Gasteiger partial charge in [0, 0.05) is 19.4 Å². The van der Waals surface area contributed by atoms with E-state index in [9.17, 15) is 4.79 Å². The molecule has 2 rings (SSSR count). The summed E-state index contributed by atoms with van der Waals surface area (Å²) in [6, 6.07) is -0.343. The van der Waals surface area contributed by atoms with Crippen molar-refractivity contribution in [3.05, 3.63) is 16.9 Å². The molecule has 0 spiro atoms. The highest BCUT2D eigenvalue weighted by atomic mass is 79.9. The molecule has 1 saturated heterocycles. The highest BCUT2D eigenvalue weighted by Gasteiger charge is 2.27. The predicted molar refractivity (Wildman–Crippen MR) is 69.1 cm³/mol. The van der Waals surface area contributed by atoms with Gasteiger partial charge in [0.2, 0.25) is 0 Å². The quantitative estimate of drug-likeness (QED) is 0.799. The van der Waals surface area contributed by atoms with E-state index in [2.05, 4.69) is 21.0 Å². The number of carbonyl (C=O) groups excluding carboxylic acids is 1. The molecule has 1 aromatic rings. The highest BCUT2D eigenvalue weighted by Crippen LogP contribution is 2.27. The summed E-state index contributed by atoms with van der Waals surface area (Å²) in [7, 11) is 1.41. The van der Waals surface area contributed by atoms with Crippen molar-refractivity contribution in [2.24, 2.45) is 5.92 Å². The number of rotatable bonds is 4. The largest absolute Gasteiger partial charge is 0.467 e. The van der Waals surface area contributed by atoms with Crippen molar-refractivity contribution in [2.45, 2.75) is 25.3 Å². The molecule has 0 N–H and O–H groups in total. The molecule has 0 aliphatic carbocycles. The molecule has 2 heterocycles. The second-order valence-electron chi connectivity index (χ2n) is 4.47. The van der Waals surface area contributed by atoms with Gasteiger partial charge < -0.3 is 9.47 Å². The topological polar surface area (TPSA) is 53.4 Å². The van der Waals surface area contributed by atoms with Crippen LogP contribution in [-0.4, -0.2) is 36.1 Å². The predicted octanol–water partition coefficient (Wildman–Crippen LogP) is 2.18. The Labute approximate surface area is 115 Å². The van der Waals surface area contributed by atoms with Crippen LogP contribution in [0, 0.1) is 5.92 Å². The average Bonchev–Trinajstić information content (AvgIpc) is 2.83. The number of methoxy groups -OCH3 is 1. The SMILES string of the molecule is COC(=O)C(CC1CCOCC1)n1cc(Br)cn1. The lowest BCUT2D eigenvalue weighted by Gasteiger charge is -2.25. The van der Waals surface area contributed by atoms with Crippen molar-refractivity contribution >= 4 is 21.9 Å². The molecule has 0 aromatic carbocycles. The van der Waals surface area contributed by atoms with E-state index < -0.39 is 0 Å². The van der Waals surface area contributed by atoms with Crippen molar-refractivity contribution < 1.29 is 14.3 Å². The standard InChI is InChI=1S/C12H17BrN2O3/c1-17-12(16)11(15-8-10(13)7-14-15)6-9-2-4-18-5-3-9/h7-9,11H,2-6H2,1H3. The normalized spacial score (nSPS) is 18.6. The number of carbonyl (C=O) groups is 1. The van der Waals surface area contributed by atoms with Gasteiger partial charge in [0.15, 0.2) is 0 Å². The van der Waals surface area contributed by atoms with E-state index in [1.807, 2.05) is 0 Å². The molecule has 1 atom stereocenters. The second kappa shape index (κ2) is 6.33. The van der Waals surface area contributed by atoms with Gasteiger partial charge >= 0.3 is 5.97 Å². The van der Waals surface area contributed by atoms with Crippen LogP contribution in [0.3, 0.4) is 0 Å². The van der Waals surface area contributed by atoms with E-state index in [-0.39, 0.29) is 12.0 Å². The Balaban J connectivity index is 2.07. The lowest BCUT2D eigenvalue weighted by Crippen LogP contribution is -2.26. The first-order valence-corrected chi connectivity index (χ1v) is 6.85. The lowest BCUT2D eigenvalue weighted by molar-refractivity contribution is -0.145. The van der Waals surface area contributed by atoms with E-state index >= 15 is 0 Å². The summed E-state index contributed by atoms with van der Waals surface area (Å²) in [6.07, 6.45) is 6.23. The Morgan fingerprint density at radius 1 is 1.67 bits per heavy atom. The molecule has 100 valence electrons. The number of nitrogens with zero attached hydrogens (tertiary/aromatic N) is 2. The van der Waals surface area contributed by atoms with Gasteiger partial charge in [-0.25, -0.2) is 4.79 Å². The van der Waals surface area contributed by atoms with Gasteiger partial charge in [-0.05, 0) is 41.1 Å². The number of hydrogen-bond donors (Lipinski definition) is 0. The number of ether oxygens (including phenoxy) is 2. The zero-order chi connectivity index (χ0) is 13.0. The molecule has 0 saturated carbocycles. The first-order chi connectivity index (χ1) is 8.70. The van der Waals surface area contributed by atoms with Gasteiger partial charge in [-0.3, -0.25) is 4.68 Å². The third kappa shape index (κ3) is 3.32. The molecule has 1 aliphatic rings. The van der Waals surface area contributed by atoms with Crippen molar-refractivity contribution in [2.75, 3.05) is 20.3 Å². The maximum absolute atomic E-state index is 11.9. The summed E-state index contributed by atoms with van der Waals surface area (Å²) in [5, 5.41) is 4.19. The summed E-state index contributed by atoms with van der Waals surface area (Å²) in [4.78, 5) is 11.9. The lowest BCUT2D eigenvalue weighted by atomic mass is 9.92. The van der Waals surface area contributed by atoms with Crippen molar-refractivity contribution in [1.29, 1.82) is 0 Å². The smallest absolute Gasteiger partial charge is 0.330 e. The van der Waals surface area contributed by atoms with E-state index in [0.717, 1.165) is 36.9 Å². The first kappa shape index (κ1) is 13.5. The fourth-order valence-corrected chi connectivity index (χ4v) is 2.53. The van der Waals surface area contributed by atoms with Crippen molar-refractivity contribution in [1.82, 2.24) is 9.78 Å². The van der Waals surface area contributed by atoms with Crippen LogP contribution in [0.4, 0.5) is 0 Å². The van der Waals surface area contributed by atoms with Gasteiger partial charge in [0.1, 0.15) is 6.04 Å². The average molecular weight is 317 g/mol. The summed E-state index contributed by atoms with van der Waals surface area (Å²) >= 11 is 3.34. The number of aromatic nitrogens is 2. The third-order valence-corrected chi connectivity index (χ3v) is 3.67. The van der Waals surface area contributed by atoms with Gasteiger partial charge in [0.05, 0.1) is 17.8 Å². The van der Waals surface area contributed by atoms with Gasteiger partial charge in [0.25, 0.3) is 0 Å². The fraction of sp³-hybridized carbons (Fsp3) is 0.667. The Hall–Kier alpha value is -0.880. The molecular formula is C12H17BrN2O3. The highest BCUT2D eigenvalue weighted by molar-refractivity contribution is 9.10. The number of halogens is 1. The van der Waals surface area contributed by atoms with E-state index in [0.29, 0.717) is 5.92 Å². The number of hydrogen-bond acceptors (Lipinski definition) is 4. The Bertz CT molecular complexity index is 402. The summed E-state index contributed by atoms with van der Waals surface area (Å²) in [5.41, 5.74) is 0. The monoisotopic (exact) mass is 316 g/mol. The molecular weight excluding hydrogens is 300 g/mol. The van der Waals surface area contributed by atoms with E-state index in [1.54, 1.807) is 17.1 Å². The van der Waals surface area contributed by atoms with Crippen LogP contribution in [0.2, 0.25) is 0 Å². The molecule has 1 aromatic heterocycles. The molecule has 0 bridgehead atoms. The van der Waals surface area contributed by atoms with Crippen LogP contribution in [0.25, 0.3) is 0 Å². The molecule has 1 unspecified atom stereocenters. The third-order valence-electron chi connectivity index (χ3n) is 3.26. The number of esters is 1. The van der Waals surface area contributed by atoms with E-state index in [1.165, 1.54) is 7.11 Å². The summed E-state index contributed by atoms with van der Waals surface area (Å²) < 4.78 is 12.7. The van der Waals surface area contributed by atoms with Crippen LogP contribution >= 0.6 is 15.9 Å². The minimum atomic E-state index is -0.343. The van der Waals surface area contributed by atoms with Gasteiger partial charge in [-0.1, -0.05) is 0 Å². The minimum Gasteiger partial charge on any atom is -0.467 e. The second-order valence-corrected chi connectivity index (χ2v) is 5.38. The molecule has 0 radical (unpaired) electrons. The van der Waals surface area contributed by atoms with Crippen LogP contribution in [0.5, 0.6) is 0 Å². The van der Waals surface area contributed by atoms with Crippen LogP contribution in [0.15, 0.2) is 16.9 Å². The zero-order valence-electron chi connectivity index (χ0n) is 10.3. The van der Waals surface area contributed by atoms with Crippen molar-refractivity contribution in [3.63, 3.8) is 0 Å². The fourth-order valence-electron chi connectivity index (χ4n) is 2.23. The maximum atomic E-state index is 11.9. The molecule has 0 amide bonds. The zero-order valence-corrected chi connectivity index (χ0v) is 11.9. The molecule has 1 aliphatic heterocycles. The van der Waals surface area contributed by atoms with Crippen LogP contribution < -0.4 is 0 Å². The minimum absolute atomic E-state index is 0.239. The molecule has 6 heteroatoms. The van der Waals surface area contributed by atoms with E-state index in [4.69, 9.17) is 9.47 Å². The van der Waals surface area contributed by atoms with Gasteiger partial charge in [-0.2, -0.15) is 5.10 Å². The molecule has 18 heavy (non-hydrogen) atoms.